The SMILES string of the molecule is CS(=O)(=O)c1cc([N+](=O)[O-])ccc1NCC(c1cccc(F)c1)N1CCOCC1. The van der Waals surface area contributed by atoms with Gasteiger partial charge in [-0.25, -0.2) is 12.8 Å². The Morgan fingerprint density at radius 1 is 1.24 bits per heavy atom. The zero-order chi connectivity index (χ0) is 21.0. The smallest absolute Gasteiger partial charge is 0.270 e. The van der Waals surface area contributed by atoms with Crippen LogP contribution in [-0.2, 0) is 14.6 Å². The van der Waals surface area contributed by atoms with Crippen molar-refractivity contribution in [1.82, 2.24) is 4.90 Å². The molecule has 156 valence electrons. The highest BCUT2D eigenvalue weighted by atomic mass is 32.2. The van der Waals surface area contributed by atoms with Crippen molar-refractivity contribution in [3.8, 4) is 0 Å². The second-order valence-electron chi connectivity index (χ2n) is 6.81. The third kappa shape index (κ3) is 5.28. The van der Waals surface area contributed by atoms with Gasteiger partial charge in [0, 0.05) is 38.0 Å². The molecule has 3 rings (SSSR count). The molecule has 1 atom stereocenters. The van der Waals surface area contributed by atoms with Crippen molar-refractivity contribution < 1.29 is 22.5 Å². The molecule has 2 aromatic carbocycles. The van der Waals surface area contributed by atoms with Crippen molar-refractivity contribution in [3.05, 3.63) is 64.0 Å². The Hall–Kier alpha value is -2.56. The summed E-state index contributed by atoms with van der Waals surface area (Å²) >= 11 is 0. The van der Waals surface area contributed by atoms with Crippen LogP contribution in [0.4, 0.5) is 15.8 Å². The molecule has 1 heterocycles. The quantitative estimate of drug-likeness (QED) is 0.539. The number of halogens is 1. The van der Waals surface area contributed by atoms with Crippen LogP contribution in [0, 0.1) is 15.9 Å². The van der Waals surface area contributed by atoms with Gasteiger partial charge in [0.05, 0.1) is 34.8 Å². The number of benzene rings is 2. The van der Waals surface area contributed by atoms with Crippen LogP contribution in [0.3, 0.4) is 0 Å². The van der Waals surface area contributed by atoms with Crippen molar-refractivity contribution in [2.75, 3.05) is 44.4 Å². The minimum atomic E-state index is -3.69. The van der Waals surface area contributed by atoms with Crippen molar-refractivity contribution >= 4 is 21.2 Å². The third-order valence-corrected chi connectivity index (χ3v) is 5.92. The monoisotopic (exact) mass is 423 g/mol. The lowest BCUT2D eigenvalue weighted by atomic mass is 10.0. The molecule has 0 saturated carbocycles. The van der Waals surface area contributed by atoms with Crippen LogP contribution in [-0.4, -0.2) is 57.3 Å². The number of nitrogens with zero attached hydrogens (tertiary/aromatic N) is 2. The number of anilines is 1. The molecule has 1 N–H and O–H groups in total. The zero-order valence-electron chi connectivity index (χ0n) is 15.9. The van der Waals surface area contributed by atoms with Crippen LogP contribution in [0.2, 0.25) is 0 Å². The Kier molecular flexibility index (Phi) is 6.46. The molecule has 29 heavy (non-hydrogen) atoms. The summed E-state index contributed by atoms with van der Waals surface area (Å²) in [5.41, 5.74) is 0.723. The number of ether oxygens (including phenoxy) is 1. The number of nitrogens with one attached hydrogen (secondary N) is 1. The molecule has 0 spiro atoms. The summed E-state index contributed by atoms with van der Waals surface area (Å²) in [6.45, 7) is 2.71. The Bertz CT molecular complexity index is 993. The van der Waals surface area contributed by atoms with Gasteiger partial charge >= 0.3 is 0 Å². The van der Waals surface area contributed by atoms with Gasteiger partial charge in [0.15, 0.2) is 9.84 Å². The van der Waals surface area contributed by atoms with Crippen LogP contribution in [0.15, 0.2) is 47.4 Å². The molecular weight excluding hydrogens is 401 g/mol. The summed E-state index contributed by atoms with van der Waals surface area (Å²) in [6.07, 6.45) is 1.00. The van der Waals surface area contributed by atoms with Crippen LogP contribution in [0.25, 0.3) is 0 Å². The summed E-state index contributed by atoms with van der Waals surface area (Å²) in [4.78, 5) is 12.4. The molecule has 0 amide bonds. The van der Waals surface area contributed by atoms with Crippen LogP contribution in [0.1, 0.15) is 11.6 Å². The summed E-state index contributed by atoms with van der Waals surface area (Å²) in [5, 5.41) is 14.1. The molecule has 10 heteroatoms. The molecule has 2 aromatic rings. The first-order valence-electron chi connectivity index (χ1n) is 9.05. The summed E-state index contributed by atoms with van der Waals surface area (Å²) < 4.78 is 43.5. The van der Waals surface area contributed by atoms with Crippen molar-refractivity contribution in [3.63, 3.8) is 0 Å². The number of nitro benzene ring substituents is 1. The zero-order valence-corrected chi connectivity index (χ0v) is 16.7. The minimum Gasteiger partial charge on any atom is -0.382 e. The predicted octanol–water partition coefficient (Wildman–Crippen LogP) is 2.62. The molecule has 1 saturated heterocycles. The Morgan fingerprint density at radius 3 is 2.59 bits per heavy atom. The van der Waals surface area contributed by atoms with Gasteiger partial charge in [-0.3, -0.25) is 15.0 Å². The van der Waals surface area contributed by atoms with Gasteiger partial charge < -0.3 is 10.1 Å². The van der Waals surface area contributed by atoms with E-state index in [0.717, 1.165) is 17.9 Å². The van der Waals surface area contributed by atoms with E-state index in [1.807, 2.05) is 6.07 Å². The Balaban J connectivity index is 1.90. The van der Waals surface area contributed by atoms with Crippen LogP contribution < -0.4 is 5.32 Å². The van der Waals surface area contributed by atoms with E-state index in [4.69, 9.17) is 4.74 Å². The molecule has 0 bridgehead atoms. The molecule has 1 unspecified atom stereocenters. The number of hydrogen-bond donors (Lipinski definition) is 1. The Labute approximate surface area is 168 Å². The first-order chi connectivity index (χ1) is 13.8. The number of sulfone groups is 1. The van der Waals surface area contributed by atoms with Crippen LogP contribution >= 0.6 is 0 Å². The first-order valence-corrected chi connectivity index (χ1v) is 10.9. The largest absolute Gasteiger partial charge is 0.382 e. The highest BCUT2D eigenvalue weighted by Gasteiger charge is 2.24. The van der Waals surface area contributed by atoms with Crippen molar-refractivity contribution in [1.29, 1.82) is 0 Å². The lowest BCUT2D eigenvalue weighted by molar-refractivity contribution is -0.385. The third-order valence-electron chi connectivity index (χ3n) is 4.78. The maximum atomic E-state index is 13.8. The second kappa shape index (κ2) is 8.85. The van der Waals surface area contributed by atoms with Crippen molar-refractivity contribution in [2.24, 2.45) is 0 Å². The minimum absolute atomic E-state index is 0.147. The second-order valence-corrected chi connectivity index (χ2v) is 8.79. The number of morpholine rings is 1. The normalized spacial score (nSPS) is 16.3. The average molecular weight is 423 g/mol. The van der Waals surface area contributed by atoms with Gasteiger partial charge in [-0.05, 0) is 23.8 Å². The number of hydrogen-bond acceptors (Lipinski definition) is 7. The fourth-order valence-corrected chi connectivity index (χ4v) is 4.22. The van der Waals surface area contributed by atoms with E-state index in [9.17, 15) is 22.9 Å². The van der Waals surface area contributed by atoms with Gasteiger partial charge in [0.25, 0.3) is 5.69 Å². The molecule has 0 radical (unpaired) electrons. The number of rotatable bonds is 7. The van der Waals surface area contributed by atoms with E-state index in [1.165, 1.54) is 24.3 Å². The van der Waals surface area contributed by atoms with Gasteiger partial charge in [0.2, 0.25) is 0 Å². The van der Waals surface area contributed by atoms with Gasteiger partial charge in [-0.1, -0.05) is 12.1 Å². The topological polar surface area (TPSA) is 102 Å². The maximum absolute atomic E-state index is 13.8. The lowest BCUT2D eigenvalue weighted by Crippen LogP contribution is -2.41. The lowest BCUT2D eigenvalue weighted by Gasteiger charge is -2.35. The van der Waals surface area contributed by atoms with E-state index >= 15 is 0 Å². The summed E-state index contributed by atoms with van der Waals surface area (Å²) in [7, 11) is -3.69. The predicted molar refractivity (Wildman–Crippen MR) is 106 cm³/mol. The molecule has 1 aliphatic rings. The molecular formula is C19H22FN3O5S. The molecule has 8 nitrogen and oxygen atoms in total. The number of nitro groups is 1. The molecule has 1 fully saturated rings. The molecule has 0 aliphatic carbocycles. The highest BCUT2D eigenvalue weighted by Crippen LogP contribution is 2.29. The maximum Gasteiger partial charge on any atom is 0.270 e. The molecule has 1 aliphatic heterocycles. The van der Waals surface area contributed by atoms with Gasteiger partial charge in [-0.15, -0.1) is 0 Å². The Morgan fingerprint density at radius 2 is 1.97 bits per heavy atom. The van der Waals surface area contributed by atoms with E-state index in [-0.39, 0.29) is 28.1 Å². The number of non-ortho nitro benzene ring substituents is 1. The van der Waals surface area contributed by atoms with Gasteiger partial charge in [0.1, 0.15) is 5.82 Å². The summed E-state index contributed by atoms with van der Waals surface area (Å²) in [5.74, 6) is -0.354. The molecule has 0 aromatic heterocycles. The summed E-state index contributed by atoms with van der Waals surface area (Å²) in [6, 6.07) is 9.73. The van der Waals surface area contributed by atoms with Gasteiger partial charge in [-0.2, -0.15) is 0 Å². The van der Waals surface area contributed by atoms with E-state index < -0.39 is 14.8 Å². The van der Waals surface area contributed by atoms with Crippen LogP contribution in [0.5, 0.6) is 0 Å². The first kappa shape index (κ1) is 21.2. The van der Waals surface area contributed by atoms with E-state index in [0.29, 0.717) is 32.8 Å². The fourth-order valence-electron chi connectivity index (χ4n) is 3.34. The van der Waals surface area contributed by atoms with Crippen molar-refractivity contribution in [2.45, 2.75) is 10.9 Å². The highest BCUT2D eigenvalue weighted by molar-refractivity contribution is 7.90. The average Bonchev–Trinajstić information content (AvgIpc) is 2.68. The fraction of sp³-hybridized carbons (Fsp3) is 0.368. The van der Waals surface area contributed by atoms with E-state index in [1.54, 1.807) is 6.07 Å². The standard InChI is InChI=1S/C19H22FN3O5S/c1-29(26,27)19-12-16(23(24)25)5-6-17(19)21-13-18(22-7-9-28-10-8-22)14-3-2-4-15(20)11-14/h2-6,11-12,18,21H,7-10,13H2,1H3. The van der Waals surface area contributed by atoms with E-state index in [2.05, 4.69) is 10.2 Å².